The van der Waals surface area contributed by atoms with Gasteiger partial charge in [0, 0.05) is 36.9 Å². The Hall–Kier alpha value is -3.35. The summed E-state index contributed by atoms with van der Waals surface area (Å²) >= 11 is 0. The number of carboxylic acid groups (broad SMARTS) is 1. The van der Waals surface area contributed by atoms with Crippen LogP contribution in [0.15, 0.2) is 48.5 Å². The van der Waals surface area contributed by atoms with E-state index in [4.69, 9.17) is 9.84 Å². The molecule has 184 valence electrons. The van der Waals surface area contributed by atoms with E-state index in [0.717, 1.165) is 25.7 Å². The first-order chi connectivity index (χ1) is 17.0. The number of aliphatic carboxylic acids is 1. The number of rotatable bonds is 7. The number of benzene rings is 2. The summed E-state index contributed by atoms with van der Waals surface area (Å²) in [5.74, 6) is -0.824. The molecule has 1 unspecified atom stereocenters. The van der Waals surface area contributed by atoms with Crippen molar-refractivity contribution in [2.24, 2.45) is 5.92 Å². The van der Waals surface area contributed by atoms with Gasteiger partial charge in [0.2, 0.25) is 5.91 Å². The van der Waals surface area contributed by atoms with E-state index in [0.29, 0.717) is 19.4 Å². The fraction of sp³-hybridized carbons (Fsp3) is 0.464. The Morgan fingerprint density at radius 3 is 2.34 bits per heavy atom. The van der Waals surface area contributed by atoms with Crippen LogP contribution < -0.4 is 5.32 Å². The number of carbonyl (C=O) groups is 3. The van der Waals surface area contributed by atoms with E-state index >= 15 is 0 Å². The summed E-state index contributed by atoms with van der Waals surface area (Å²) in [6.45, 7) is 0.970. The van der Waals surface area contributed by atoms with Crippen LogP contribution in [0.3, 0.4) is 0 Å². The van der Waals surface area contributed by atoms with E-state index in [2.05, 4.69) is 29.6 Å². The highest BCUT2D eigenvalue weighted by atomic mass is 16.5. The minimum absolute atomic E-state index is 0.0176. The van der Waals surface area contributed by atoms with E-state index < -0.39 is 12.1 Å². The third-order valence-corrected chi connectivity index (χ3v) is 7.80. The predicted molar refractivity (Wildman–Crippen MR) is 131 cm³/mol. The normalized spacial score (nSPS) is 23.1. The second-order valence-corrected chi connectivity index (χ2v) is 9.94. The number of alkyl carbamates (subject to hydrolysis) is 1. The number of nitrogens with one attached hydrogen (secondary N) is 1. The van der Waals surface area contributed by atoms with Crippen molar-refractivity contribution in [3.63, 3.8) is 0 Å². The zero-order valence-electron chi connectivity index (χ0n) is 19.8. The number of nitrogens with zero attached hydrogens (tertiary/aromatic N) is 1. The van der Waals surface area contributed by atoms with Gasteiger partial charge in [0.25, 0.3) is 0 Å². The van der Waals surface area contributed by atoms with Gasteiger partial charge in [-0.1, -0.05) is 48.5 Å². The first-order valence-corrected chi connectivity index (χ1v) is 12.6. The molecule has 2 aromatic rings. The van der Waals surface area contributed by atoms with Crippen molar-refractivity contribution in [2.75, 3.05) is 13.2 Å². The van der Waals surface area contributed by atoms with Crippen molar-refractivity contribution in [3.05, 3.63) is 59.7 Å². The number of likely N-dealkylation sites (tertiary alicyclic amines) is 1. The topological polar surface area (TPSA) is 95.9 Å². The molecular formula is C28H32N2O5. The molecule has 1 saturated heterocycles. The summed E-state index contributed by atoms with van der Waals surface area (Å²) in [5, 5.41) is 12.0. The molecule has 2 aliphatic carbocycles. The molecule has 1 heterocycles. The molecule has 0 bridgehead atoms. The monoisotopic (exact) mass is 476 g/mol. The molecule has 3 atom stereocenters. The number of hydrogen-bond acceptors (Lipinski definition) is 4. The predicted octanol–water partition coefficient (Wildman–Crippen LogP) is 4.55. The molecule has 3 aliphatic rings. The third kappa shape index (κ3) is 4.90. The maximum Gasteiger partial charge on any atom is 0.407 e. The Labute approximate surface area is 205 Å². The van der Waals surface area contributed by atoms with Gasteiger partial charge in [0.15, 0.2) is 0 Å². The standard InChI is InChI=1S/C28H32N2O5/c31-26(32)14-13-20-6-5-15-30(20)27(33)18-11-12-19(16-18)29-28(34)35-17-25-23-9-3-1-7-21(23)22-8-2-4-10-24(22)25/h1-4,7-10,18-20,25H,5-6,11-17H2,(H,29,34)(H,31,32)/t18-,19+,20?/m1/s1. The quantitative estimate of drug-likeness (QED) is 0.611. The van der Waals surface area contributed by atoms with Crippen molar-refractivity contribution in [1.82, 2.24) is 10.2 Å². The first kappa shape index (κ1) is 23.4. The second kappa shape index (κ2) is 10.1. The summed E-state index contributed by atoms with van der Waals surface area (Å²) in [6, 6.07) is 16.4. The Kier molecular flexibility index (Phi) is 6.75. The largest absolute Gasteiger partial charge is 0.481 e. The molecule has 1 saturated carbocycles. The van der Waals surface area contributed by atoms with Gasteiger partial charge in [-0.15, -0.1) is 0 Å². The molecule has 2 aromatic carbocycles. The van der Waals surface area contributed by atoms with Crippen molar-refractivity contribution in [1.29, 1.82) is 0 Å². The van der Waals surface area contributed by atoms with Crippen molar-refractivity contribution in [3.8, 4) is 11.1 Å². The number of hydrogen-bond donors (Lipinski definition) is 2. The van der Waals surface area contributed by atoms with Crippen LogP contribution in [-0.2, 0) is 14.3 Å². The van der Waals surface area contributed by atoms with Gasteiger partial charge in [-0.25, -0.2) is 4.79 Å². The van der Waals surface area contributed by atoms with E-state index in [1.165, 1.54) is 22.3 Å². The number of carboxylic acids is 1. The summed E-state index contributed by atoms with van der Waals surface area (Å²) in [7, 11) is 0. The fourth-order valence-corrected chi connectivity index (χ4v) is 6.09. The molecule has 1 aliphatic heterocycles. The lowest BCUT2D eigenvalue weighted by molar-refractivity contribution is -0.140. The van der Waals surface area contributed by atoms with Crippen LogP contribution in [0.25, 0.3) is 11.1 Å². The van der Waals surface area contributed by atoms with Crippen molar-refractivity contribution >= 4 is 18.0 Å². The highest BCUT2D eigenvalue weighted by Gasteiger charge is 2.38. The van der Waals surface area contributed by atoms with Crippen LogP contribution in [0.5, 0.6) is 0 Å². The summed E-state index contributed by atoms with van der Waals surface area (Å²) in [6.07, 6.45) is 4.03. The average Bonchev–Trinajstić information content (AvgIpc) is 3.59. The number of ether oxygens (including phenoxy) is 1. The number of carbonyl (C=O) groups excluding carboxylic acids is 2. The van der Waals surface area contributed by atoms with Crippen LogP contribution in [0.4, 0.5) is 4.79 Å². The first-order valence-electron chi connectivity index (χ1n) is 12.6. The van der Waals surface area contributed by atoms with Gasteiger partial charge in [-0.2, -0.15) is 0 Å². The van der Waals surface area contributed by atoms with Crippen LogP contribution in [0, 0.1) is 5.92 Å². The van der Waals surface area contributed by atoms with Crippen LogP contribution in [0.1, 0.15) is 62.0 Å². The molecule has 2 N–H and O–H groups in total. The number of fused-ring (bicyclic) bond motifs is 3. The lowest BCUT2D eigenvalue weighted by Gasteiger charge is -2.27. The van der Waals surface area contributed by atoms with Crippen LogP contribution in [0.2, 0.25) is 0 Å². The van der Waals surface area contributed by atoms with E-state index in [9.17, 15) is 14.4 Å². The minimum Gasteiger partial charge on any atom is -0.481 e. The molecule has 5 rings (SSSR count). The maximum atomic E-state index is 13.1. The van der Waals surface area contributed by atoms with Gasteiger partial charge < -0.3 is 20.1 Å². The van der Waals surface area contributed by atoms with Crippen molar-refractivity contribution in [2.45, 2.75) is 62.9 Å². The molecule has 7 nitrogen and oxygen atoms in total. The van der Waals surface area contributed by atoms with E-state index in [1.807, 2.05) is 29.2 Å². The molecule has 2 amide bonds. The van der Waals surface area contributed by atoms with Gasteiger partial charge in [0.1, 0.15) is 6.61 Å². The Balaban J connectivity index is 1.13. The highest BCUT2D eigenvalue weighted by molar-refractivity contribution is 5.80. The van der Waals surface area contributed by atoms with Gasteiger partial charge in [-0.05, 0) is 60.8 Å². The maximum absolute atomic E-state index is 13.1. The average molecular weight is 477 g/mol. The molecule has 2 fully saturated rings. The SMILES string of the molecule is O=C(O)CCC1CCCN1C(=O)[C@@H]1CC[C@H](NC(=O)OCC2c3ccccc3-c3ccccc32)C1. The Morgan fingerprint density at radius 1 is 0.971 bits per heavy atom. The summed E-state index contributed by atoms with van der Waals surface area (Å²) in [5.41, 5.74) is 4.74. The summed E-state index contributed by atoms with van der Waals surface area (Å²) < 4.78 is 5.67. The van der Waals surface area contributed by atoms with Gasteiger partial charge in [-0.3, -0.25) is 9.59 Å². The van der Waals surface area contributed by atoms with Gasteiger partial charge in [0.05, 0.1) is 0 Å². The zero-order chi connectivity index (χ0) is 24.4. The number of amides is 2. The molecular weight excluding hydrogens is 444 g/mol. The van der Waals surface area contributed by atoms with E-state index in [1.54, 1.807) is 0 Å². The Morgan fingerprint density at radius 2 is 1.66 bits per heavy atom. The lowest BCUT2D eigenvalue weighted by atomic mass is 9.98. The zero-order valence-corrected chi connectivity index (χ0v) is 19.8. The molecule has 35 heavy (non-hydrogen) atoms. The second-order valence-electron chi connectivity index (χ2n) is 9.94. The van der Waals surface area contributed by atoms with Crippen LogP contribution in [-0.4, -0.2) is 53.2 Å². The summed E-state index contributed by atoms with van der Waals surface area (Å²) in [4.78, 5) is 38.5. The molecule has 0 radical (unpaired) electrons. The minimum atomic E-state index is -0.822. The lowest BCUT2D eigenvalue weighted by Crippen LogP contribution is -2.40. The fourth-order valence-electron chi connectivity index (χ4n) is 6.09. The highest BCUT2D eigenvalue weighted by Crippen LogP contribution is 2.44. The molecule has 0 aromatic heterocycles. The van der Waals surface area contributed by atoms with Gasteiger partial charge >= 0.3 is 12.1 Å². The van der Waals surface area contributed by atoms with E-state index in [-0.39, 0.29) is 42.9 Å². The smallest absolute Gasteiger partial charge is 0.407 e. The Bertz CT molecular complexity index is 1070. The third-order valence-electron chi connectivity index (χ3n) is 7.80. The van der Waals surface area contributed by atoms with Crippen molar-refractivity contribution < 1.29 is 24.2 Å². The van der Waals surface area contributed by atoms with Crippen LogP contribution >= 0.6 is 0 Å². The molecule has 7 heteroatoms. The molecule has 0 spiro atoms.